The molecule has 2 N–H and O–H groups in total. The second-order valence-electron chi connectivity index (χ2n) is 5.09. The summed E-state index contributed by atoms with van der Waals surface area (Å²) in [7, 11) is 0. The largest absolute Gasteiger partial charge is 0.455 e. The van der Waals surface area contributed by atoms with Crippen molar-refractivity contribution in [2.24, 2.45) is 5.73 Å². The third-order valence-electron chi connectivity index (χ3n) is 2.95. The third kappa shape index (κ3) is 4.27. The van der Waals surface area contributed by atoms with Crippen molar-refractivity contribution in [2.45, 2.75) is 26.3 Å². The third-order valence-corrected chi connectivity index (χ3v) is 3.97. The fourth-order valence-corrected chi connectivity index (χ4v) is 2.59. The Morgan fingerprint density at radius 1 is 1.00 bits per heavy atom. The van der Waals surface area contributed by atoms with Gasteiger partial charge in [0.1, 0.15) is 11.5 Å². The number of aryl methyl sites for hydroxylation is 1. The standard InChI is InChI=1S/C16H16Cl3NO/c1-9-3-4-15(11(5-9)6-10(2)20)21-16-8-13(18)12(17)7-14(16)19/h3-5,7-8,10H,6,20H2,1-2H3. The predicted octanol–water partition coefficient (Wildman–Crippen LogP) is 5.64. The van der Waals surface area contributed by atoms with Crippen molar-refractivity contribution in [1.82, 2.24) is 0 Å². The van der Waals surface area contributed by atoms with Crippen LogP contribution < -0.4 is 10.5 Å². The Hall–Kier alpha value is -0.930. The van der Waals surface area contributed by atoms with E-state index < -0.39 is 0 Å². The molecule has 0 aromatic heterocycles. The summed E-state index contributed by atoms with van der Waals surface area (Å²) in [5, 5.41) is 1.21. The molecule has 5 heteroatoms. The maximum absolute atomic E-state index is 6.15. The zero-order chi connectivity index (χ0) is 15.6. The zero-order valence-electron chi connectivity index (χ0n) is 11.8. The molecule has 0 saturated carbocycles. The van der Waals surface area contributed by atoms with Gasteiger partial charge >= 0.3 is 0 Å². The second-order valence-corrected chi connectivity index (χ2v) is 6.31. The van der Waals surface area contributed by atoms with Gasteiger partial charge in [0.25, 0.3) is 0 Å². The first-order valence-electron chi connectivity index (χ1n) is 6.54. The van der Waals surface area contributed by atoms with Crippen LogP contribution in [0.5, 0.6) is 11.5 Å². The molecule has 0 heterocycles. The van der Waals surface area contributed by atoms with Crippen LogP contribution in [0.25, 0.3) is 0 Å². The lowest BCUT2D eigenvalue weighted by molar-refractivity contribution is 0.474. The number of hydrogen-bond acceptors (Lipinski definition) is 2. The molecule has 2 aromatic carbocycles. The van der Waals surface area contributed by atoms with Crippen molar-refractivity contribution >= 4 is 34.8 Å². The number of rotatable bonds is 4. The summed E-state index contributed by atoms with van der Waals surface area (Å²) in [4.78, 5) is 0. The highest BCUT2D eigenvalue weighted by molar-refractivity contribution is 6.43. The second kappa shape index (κ2) is 6.89. The molecule has 2 aromatic rings. The molecule has 1 atom stereocenters. The molecule has 0 aliphatic rings. The van der Waals surface area contributed by atoms with Gasteiger partial charge in [-0.05, 0) is 38.0 Å². The number of halogens is 3. The topological polar surface area (TPSA) is 35.2 Å². The quantitative estimate of drug-likeness (QED) is 0.729. The molecule has 1 unspecified atom stereocenters. The van der Waals surface area contributed by atoms with E-state index in [1.165, 1.54) is 0 Å². The van der Waals surface area contributed by atoms with Gasteiger partial charge in [0.2, 0.25) is 0 Å². The Kier molecular flexibility index (Phi) is 5.39. The molecular formula is C16H16Cl3NO. The van der Waals surface area contributed by atoms with Crippen molar-refractivity contribution in [1.29, 1.82) is 0 Å². The van der Waals surface area contributed by atoms with E-state index in [-0.39, 0.29) is 6.04 Å². The van der Waals surface area contributed by atoms with Crippen LogP contribution in [0.1, 0.15) is 18.1 Å². The van der Waals surface area contributed by atoms with Crippen molar-refractivity contribution in [2.75, 3.05) is 0 Å². The minimum Gasteiger partial charge on any atom is -0.455 e. The molecule has 0 aliphatic carbocycles. The van der Waals surface area contributed by atoms with Gasteiger partial charge in [-0.3, -0.25) is 0 Å². The number of ether oxygens (including phenoxy) is 1. The molecule has 0 bridgehead atoms. The van der Waals surface area contributed by atoms with E-state index in [0.717, 1.165) is 23.3 Å². The van der Waals surface area contributed by atoms with Gasteiger partial charge in [0.05, 0.1) is 15.1 Å². The monoisotopic (exact) mass is 343 g/mol. The van der Waals surface area contributed by atoms with Crippen LogP contribution in [0.4, 0.5) is 0 Å². The lowest BCUT2D eigenvalue weighted by atomic mass is 10.0. The number of hydrogen-bond donors (Lipinski definition) is 1. The van der Waals surface area contributed by atoms with Gasteiger partial charge in [0.15, 0.2) is 0 Å². The highest BCUT2D eigenvalue weighted by Gasteiger charge is 2.12. The molecule has 0 radical (unpaired) electrons. The Balaban J connectivity index is 2.37. The van der Waals surface area contributed by atoms with E-state index in [9.17, 15) is 0 Å². The van der Waals surface area contributed by atoms with Crippen molar-refractivity contribution in [3.8, 4) is 11.5 Å². The smallest absolute Gasteiger partial charge is 0.147 e. The van der Waals surface area contributed by atoms with Crippen LogP contribution in [0.15, 0.2) is 30.3 Å². The molecule has 21 heavy (non-hydrogen) atoms. The fraction of sp³-hybridized carbons (Fsp3) is 0.250. The molecule has 112 valence electrons. The van der Waals surface area contributed by atoms with E-state index in [4.69, 9.17) is 45.3 Å². The molecule has 2 nitrogen and oxygen atoms in total. The molecule has 0 amide bonds. The van der Waals surface area contributed by atoms with Crippen LogP contribution in [0.3, 0.4) is 0 Å². The summed E-state index contributed by atoms with van der Waals surface area (Å²) < 4.78 is 5.90. The first-order chi connectivity index (χ1) is 9.86. The van der Waals surface area contributed by atoms with Gasteiger partial charge in [-0.15, -0.1) is 0 Å². The molecule has 0 saturated heterocycles. The SMILES string of the molecule is Cc1ccc(Oc2cc(Cl)c(Cl)cc2Cl)c(CC(C)N)c1. The van der Waals surface area contributed by atoms with Gasteiger partial charge in [-0.25, -0.2) is 0 Å². The van der Waals surface area contributed by atoms with E-state index in [1.807, 2.05) is 26.0 Å². The van der Waals surface area contributed by atoms with Gasteiger partial charge in [0, 0.05) is 12.1 Å². The summed E-state index contributed by atoms with van der Waals surface area (Å²) in [5.41, 5.74) is 8.08. The maximum Gasteiger partial charge on any atom is 0.147 e. The molecular weight excluding hydrogens is 329 g/mol. The summed E-state index contributed by atoms with van der Waals surface area (Å²) >= 11 is 18.1. The van der Waals surface area contributed by atoms with Crippen LogP contribution in [0.2, 0.25) is 15.1 Å². The Labute approximate surface area is 139 Å². The van der Waals surface area contributed by atoms with Crippen LogP contribution in [-0.2, 0) is 6.42 Å². The lowest BCUT2D eigenvalue weighted by Crippen LogP contribution is -2.18. The summed E-state index contributed by atoms with van der Waals surface area (Å²) in [6.45, 7) is 3.98. The molecule has 0 fully saturated rings. The normalized spacial score (nSPS) is 12.3. The van der Waals surface area contributed by atoms with E-state index >= 15 is 0 Å². The highest BCUT2D eigenvalue weighted by Crippen LogP contribution is 2.37. The minimum absolute atomic E-state index is 0.0402. The molecule has 0 aliphatic heterocycles. The Morgan fingerprint density at radius 2 is 1.67 bits per heavy atom. The Morgan fingerprint density at radius 3 is 2.33 bits per heavy atom. The van der Waals surface area contributed by atoms with E-state index in [2.05, 4.69) is 6.07 Å². The highest BCUT2D eigenvalue weighted by atomic mass is 35.5. The van der Waals surface area contributed by atoms with E-state index in [0.29, 0.717) is 20.8 Å². The molecule has 0 spiro atoms. The maximum atomic E-state index is 6.15. The zero-order valence-corrected chi connectivity index (χ0v) is 14.1. The van der Waals surface area contributed by atoms with Gasteiger partial charge < -0.3 is 10.5 Å². The average Bonchev–Trinajstić information content (AvgIpc) is 2.38. The predicted molar refractivity (Wildman–Crippen MR) is 90.1 cm³/mol. The first kappa shape index (κ1) is 16.4. The number of benzene rings is 2. The van der Waals surface area contributed by atoms with Gasteiger partial charge in [-0.2, -0.15) is 0 Å². The van der Waals surface area contributed by atoms with Crippen molar-refractivity contribution < 1.29 is 4.74 Å². The first-order valence-corrected chi connectivity index (χ1v) is 7.67. The Bertz CT molecular complexity index is 656. The fourth-order valence-electron chi connectivity index (χ4n) is 2.02. The summed E-state index contributed by atoms with van der Waals surface area (Å²) in [6.07, 6.45) is 0.718. The van der Waals surface area contributed by atoms with Crippen LogP contribution in [0, 0.1) is 6.92 Å². The van der Waals surface area contributed by atoms with Crippen LogP contribution in [-0.4, -0.2) is 6.04 Å². The lowest BCUT2D eigenvalue weighted by Gasteiger charge is -2.15. The molecule has 2 rings (SSSR count). The van der Waals surface area contributed by atoms with Crippen LogP contribution >= 0.6 is 34.8 Å². The van der Waals surface area contributed by atoms with E-state index in [1.54, 1.807) is 12.1 Å². The minimum atomic E-state index is 0.0402. The van der Waals surface area contributed by atoms with Gasteiger partial charge in [-0.1, -0.05) is 52.5 Å². The summed E-state index contributed by atoms with van der Waals surface area (Å²) in [5.74, 6) is 1.19. The van der Waals surface area contributed by atoms with Crippen molar-refractivity contribution in [3.63, 3.8) is 0 Å². The summed E-state index contributed by atoms with van der Waals surface area (Å²) in [6, 6.07) is 9.17. The number of nitrogens with two attached hydrogens (primary N) is 1. The average molecular weight is 345 g/mol. The van der Waals surface area contributed by atoms with Crippen molar-refractivity contribution in [3.05, 3.63) is 56.5 Å².